The third-order valence-electron chi connectivity index (χ3n) is 10.6. The molecule has 2 bridgehead atoms. The fourth-order valence-corrected chi connectivity index (χ4v) is 8.62. The van der Waals surface area contributed by atoms with Gasteiger partial charge in [-0.3, -0.25) is 9.48 Å². The summed E-state index contributed by atoms with van der Waals surface area (Å²) in [6.07, 6.45) is 2.77. The number of aliphatic hydroxyl groups is 1. The Bertz CT molecular complexity index is 1360. The Labute approximate surface area is 237 Å². The molecule has 8 atom stereocenters. The third-order valence-corrected chi connectivity index (χ3v) is 10.6. The molecule has 2 heterocycles. The second-order valence-electron chi connectivity index (χ2n) is 15.0. The van der Waals surface area contributed by atoms with E-state index in [0.29, 0.717) is 22.9 Å². The highest BCUT2D eigenvalue weighted by Crippen LogP contribution is 2.72. The molecule has 6 rings (SSSR count). The molecule has 4 aliphatic carbocycles. The van der Waals surface area contributed by atoms with Crippen molar-refractivity contribution in [2.45, 2.75) is 105 Å². The summed E-state index contributed by atoms with van der Waals surface area (Å²) in [4.78, 5) is 28.7. The highest BCUT2D eigenvalue weighted by Gasteiger charge is 2.77. The molecule has 0 amide bonds. The summed E-state index contributed by atoms with van der Waals surface area (Å²) in [6.45, 7) is 20.0. The van der Waals surface area contributed by atoms with E-state index in [4.69, 9.17) is 14.2 Å². The van der Waals surface area contributed by atoms with Gasteiger partial charge in [0.2, 0.25) is 0 Å². The van der Waals surface area contributed by atoms with Crippen LogP contribution in [0, 0.1) is 41.4 Å². The highest BCUT2D eigenvalue weighted by atomic mass is 16.7. The topological polar surface area (TPSA) is 99.9 Å². The van der Waals surface area contributed by atoms with Crippen LogP contribution in [0.5, 0.6) is 0 Å². The van der Waals surface area contributed by atoms with Crippen LogP contribution in [-0.4, -0.2) is 56.8 Å². The van der Waals surface area contributed by atoms with Crippen LogP contribution in [0.15, 0.2) is 29.4 Å². The zero-order chi connectivity index (χ0) is 29.4. The lowest BCUT2D eigenvalue weighted by Crippen LogP contribution is -2.68. The van der Waals surface area contributed by atoms with Gasteiger partial charge >= 0.3 is 5.97 Å². The first-order valence-corrected chi connectivity index (χ1v) is 14.6. The van der Waals surface area contributed by atoms with Crippen LogP contribution < -0.4 is 0 Å². The van der Waals surface area contributed by atoms with Crippen molar-refractivity contribution in [3.63, 3.8) is 0 Å². The molecule has 1 N–H and O–H groups in total. The number of Topliss-reactive ketones (excluding diaryl/α,β-unsaturated/α-hetero) is 1. The minimum Gasteiger partial charge on any atom is -0.450 e. The van der Waals surface area contributed by atoms with Crippen LogP contribution in [0.25, 0.3) is 0 Å². The number of ketones is 1. The maximum Gasteiger partial charge on any atom is 0.357 e. The van der Waals surface area contributed by atoms with Crippen LogP contribution in [-0.2, 0) is 24.5 Å². The van der Waals surface area contributed by atoms with E-state index in [2.05, 4.69) is 25.9 Å². The van der Waals surface area contributed by atoms with Gasteiger partial charge in [0.05, 0.1) is 23.3 Å². The predicted octanol–water partition coefficient (Wildman–Crippen LogP) is 4.74. The number of aryl methyl sites for hydroxylation is 1. The van der Waals surface area contributed by atoms with Gasteiger partial charge in [0.25, 0.3) is 0 Å². The first kappa shape index (κ1) is 27.9. The summed E-state index contributed by atoms with van der Waals surface area (Å²) < 4.78 is 20.5. The number of esters is 1. The third kappa shape index (κ3) is 3.51. The SMILES string of the molecule is CC1=C[C@]23C(=O)[C@@H](C=C4COC(C)(C)O[C@H]4[C@]2(O)[C@H]1OC(=O)c1cc(C)nn1C(C)(C)C)[C@H]1[C@@H](C[C@H]3C)C1(C)C. The summed E-state index contributed by atoms with van der Waals surface area (Å²) >= 11 is 0. The summed E-state index contributed by atoms with van der Waals surface area (Å²) in [7, 11) is 0. The van der Waals surface area contributed by atoms with E-state index >= 15 is 0 Å². The Morgan fingerprint density at radius 2 is 1.88 bits per heavy atom. The van der Waals surface area contributed by atoms with Crippen molar-refractivity contribution in [2.75, 3.05) is 6.61 Å². The second-order valence-corrected chi connectivity index (χ2v) is 15.0. The van der Waals surface area contributed by atoms with E-state index in [0.717, 1.165) is 12.0 Å². The van der Waals surface area contributed by atoms with E-state index in [1.54, 1.807) is 10.7 Å². The van der Waals surface area contributed by atoms with Crippen LogP contribution in [0.2, 0.25) is 0 Å². The van der Waals surface area contributed by atoms with E-state index in [9.17, 15) is 14.7 Å². The van der Waals surface area contributed by atoms with Gasteiger partial charge in [-0.15, -0.1) is 0 Å². The lowest BCUT2D eigenvalue weighted by Gasteiger charge is -2.52. The Balaban J connectivity index is 1.50. The van der Waals surface area contributed by atoms with Crippen LogP contribution in [0.1, 0.15) is 84.9 Å². The van der Waals surface area contributed by atoms with Crippen molar-refractivity contribution in [1.82, 2.24) is 9.78 Å². The molecule has 0 aromatic carbocycles. The smallest absolute Gasteiger partial charge is 0.357 e. The number of allylic oxidation sites excluding steroid dienone is 1. The Hall–Kier alpha value is -2.29. The quantitative estimate of drug-likeness (QED) is 0.418. The van der Waals surface area contributed by atoms with Crippen molar-refractivity contribution in [3.8, 4) is 0 Å². The van der Waals surface area contributed by atoms with Crippen molar-refractivity contribution >= 4 is 11.8 Å². The van der Waals surface area contributed by atoms with E-state index in [1.165, 1.54) is 0 Å². The fourth-order valence-electron chi connectivity index (χ4n) is 8.62. The first-order valence-electron chi connectivity index (χ1n) is 14.6. The van der Waals surface area contributed by atoms with Gasteiger partial charge in [0, 0.05) is 5.92 Å². The molecule has 2 saturated carbocycles. The van der Waals surface area contributed by atoms with Gasteiger partial charge in [0.15, 0.2) is 23.3 Å². The average molecular weight is 553 g/mol. The summed E-state index contributed by atoms with van der Waals surface area (Å²) in [5.74, 6) is -1.58. The molecule has 218 valence electrons. The highest BCUT2D eigenvalue weighted by molar-refractivity contribution is 5.96. The van der Waals surface area contributed by atoms with Crippen molar-refractivity contribution in [1.29, 1.82) is 0 Å². The number of aromatic nitrogens is 2. The summed E-state index contributed by atoms with van der Waals surface area (Å²) in [5.41, 5.74) is -1.12. The van der Waals surface area contributed by atoms with E-state index in [-0.39, 0.29) is 35.6 Å². The van der Waals surface area contributed by atoms with Crippen molar-refractivity contribution in [3.05, 3.63) is 40.8 Å². The lowest BCUT2D eigenvalue weighted by molar-refractivity contribution is -0.302. The van der Waals surface area contributed by atoms with Crippen LogP contribution in [0.3, 0.4) is 0 Å². The van der Waals surface area contributed by atoms with Gasteiger partial charge in [0.1, 0.15) is 11.8 Å². The minimum absolute atomic E-state index is 0.00245. The Morgan fingerprint density at radius 3 is 2.52 bits per heavy atom. The fraction of sp³-hybridized carbons (Fsp3) is 0.719. The molecule has 1 aromatic rings. The van der Waals surface area contributed by atoms with Crippen LogP contribution >= 0.6 is 0 Å². The molecular weight excluding hydrogens is 508 g/mol. The number of ether oxygens (including phenoxy) is 3. The van der Waals surface area contributed by atoms with Gasteiger partial charge in [-0.05, 0) is 95.3 Å². The molecular formula is C32H44N2O6. The summed E-state index contributed by atoms with van der Waals surface area (Å²) in [6, 6.07) is 1.71. The monoisotopic (exact) mass is 552 g/mol. The molecule has 1 aromatic heterocycles. The number of rotatable bonds is 2. The molecule has 8 heteroatoms. The van der Waals surface area contributed by atoms with E-state index < -0.39 is 40.5 Å². The maximum atomic E-state index is 14.8. The zero-order valence-corrected chi connectivity index (χ0v) is 25.5. The maximum absolute atomic E-state index is 14.8. The zero-order valence-electron chi connectivity index (χ0n) is 25.5. The van der Waals surface area contributed by atoms with Crippen molar-refractivity contribution < 1.29 is 28.9 Å². The average Bonchev–Trinajstić information content (AvgIpc) is 3.10. The number of hydrogen-bond donors (Lipinski definition) is 1. The number of hydrogen-bond acceptors (Lipinski definition) is 7. The van der Waals surface area contributed by atoms with Gasteiger partial charge < -0.3 is 19.3 Å². The standard InChI is InChI=1S/C32H44N2O6/c1-16-14-31-17(2)11-21-23(29(21,7)8)20(24(31)35)13-19-15-38-30(9,10)40-26(19)32(31,37)25(16)39-27(36)22-12-18(3)33-34(22)28(4,5)6/h12-14,17,20-21,23,25-26,37H,11,15H2,1-10H3/t17-,20+,21-,23+,25+,26-,31+,32-/m1/s1. The summed E-state index contributed by atoms with van der Waals surface area (Å²) in [5, 5.41) is 17.7. The molecule has 5 aliphatic rings. The Morgan fingerprint density at radius 1 is 1.20 bits per heavy atom. The molecule has 1 aliphatic heterocycles. The number of carbonyl (C=O) groups is 2. The second kappa shape index (κ2) is 8.17. The molecule has 0 unspecified atom stereocenters. The molecule has 1 spiro atoms. The number of carbonyl (C=O) groups excluding carboxylic acids is 2. The molecule has 1 saturated heterocycles. The largest absolute Gasteiger partial charge is 0.450 e. The van der Waals surface area contributed by atoms with Crippen molar-refractivity contribution in [2.24, 2.45) is 34.5 Å². The molecule has 3 fully saturated rings. The normalized spacial score (nSPS) is 41.0. The first-order chi connectivity index (χ1) is 18.4. The van der Waals surface area contributed by atoms with Gasteiger partial charge in [-0.1, -0.05) is 32.9 Å². The van der Waals surface area contributed by atoms with Gasteiger partial charge in [-0.25, -0.2) is 4.79 Å². The van der Waals surface area contributed by atoms with Crippen LogP contribution in [0.4, 0.5) is 0 Å². The molecule has 40 heavy (non-hydrogen) atoms. The predicted molar refractivity (Wildman–Crippen MR) is 148 cm³/mol. The van der Waals surface area contributed by atoms with Gasteiger partial charge in [-0.2, -0.15) is 5.10 Å². The molecule has 8 nitrogen and oxygen atoms in total. The number of fused-ring (bicyclic) bond motifs is 5. The minimum atomic E-state index is -1.84. The van der Waals surface area contributed by atoms with E-state index in [1.807, 2.05) is 60.6 Å². The number of nitrogens with zero attached hydrogens (tertiary/aromatic N) is 2. The lowest BCUT2D eigenvalue weighted by atomic mass is 9.59. The molecule has 0 radical (unpaired) electrons. The Kier molecular flexibility index (Phi) is 5.69.